The van der Waals surface area contributed by atoms with Crippen LogP contribution in [0.4, 0.5) is 0 Å². The van der Waals surface area contributed by atoms with Crippen LogP contribution in [-0.4, -0.2) is 58.1 Å². The van der Waals surface area contributed by atoms with Gasteiger partial charge in [-0.15, -0.1) is 0 Å². The minimum absolute atomic E-state index is 0.184. The number of aliphatic hydroxyl groups is 2. The number of carboxylic acids is 1. The number of nitrogens with zero attached hydrogens (tertiary/aromatic N) is 1. The molecule has 122 valence electrons. The molecule has 6 nitrogen and oxygen atoms in total. The zero-order valence-corrected chi connectivity index (χ0v) is 12.6. The number of hydrogen-bond acceptors (Lipinski definition) is 5. The monoisotopic (exact) mass is 309 g/mol. The number of carbonyl (C=O) groups is 1. The first-order chi connectivity index (χ1) is 10.5. The molecule has 1 atom stereocenters. The molecule has 0 unspecified atom stereocenters. The Morgan fingerprint density at radius 2 is 1.95 bits per heavy atom. The molecule has 0 aromatic heterocycles. The highest BCUT2D eigenvalue weighted by Gasteiger charge is 2.29. The summed E-state index contributed by atoms with van der Waals surface area (Å²) in [5, 5.41) is 28.0. The van der Waals surface area contributed by atoms with Gasteiger partial charge in [-0.1, -0.05) is 12.1 Å². The minimum atomic E-state index is -0.995. The molecule has 0 spiro atoms. The quantitative estimate of drug-likeness (QED) is 0.722. The van der Waals surface area contributed by atoms with Crippen LogP contribution in [0.1, 0.15) is 24.8 Å². The maximum Gasteiger partial charge on any atom is 0.341 e. The second-order valence-electron chi connectivity index (χ2n) is 5.84. The van der Waals surface area contributed by atoms with E-state index in [4.69, 9.17) is 9.84 Å². The molecule has 0 saturated carbocycles. The van der Waals surface area contributed by atoms with E-state index in [1.54, 1.807) is 12.1 Å². The number of aliphatic hydroxyl groups excluding tert-OH is 1. The fraction of sp³-hybridized carbons (Fsp3) is 0.562. The highest BCUT2D eigenvalue weighted by atomic mass is 16.5. The Kier molecular flexibility index (Phi) is 5.76. The lowest BCUT2D eigenvalue weighted by molar-refractivity contribution is -0.139. The van der Waals surface area contributed by atoms with E-state index in [-0.39, 0.29) is 13.2 Å². The Morgan fingerprint density at radius 3 is 2.59 bits per heavy atom. The van der Waals surface area contributed by atoms with Crippen LogP contribution in [0.25, 0.3) is 0 Å². The van der Waals surface area contributed by atoms with Gasteiger partial charge in [-0.3, -0.25) is 4.90 Å². The van der Waals surface area contributed by atoms with Crippen molar-refractivity contribution in [3.8, 4) is 5.75 Å². The van der Waals surface area contributed by atoms with Crippen LogP contribution in [0.15, 0.2) is 24.3 Å². The van der Waals surface area contributed by atoms with Gasteiger partial charge in [0.1, 0.15) is 5.75 Å². The minimum Gasteiger partial charge on any atom is -0.482 e. The van der Waals surface area contributed by atoms with Gasteiger partial charge in [0.25, 0.3) is 0 Å². The van der Waals surface area contributed by atoms with Crippen molar-refractivity contribution in [2.75, 3.05) is 26.3 Å². The Hall–Kier alpha value is -1.63. The van der Waals surface area contributed by atoms with Crippen LogP contribution in [0.3, 0.4) is 0 Å². The molecule has 1 aromatic carbocycles. The number of likely N-dealkylation sites (tertiary alicyclic amines) is 1. The third kappa shape index (κ3) is 4.98. The molecule has 1 saturated heterocycles. The summed E-state index contributed by atoms with van der Waals surface area (Å²) >= 11 is 0. The Labute approximate surface area is 129 Å². The third-order valence-electron chi connectivity index (χ3n) is 4.00. The fourth-order valence-electron chi connectivity index (χ4n) is 2.65. The van der Waals surface area contributed by atoms with Crippen LogP contribution in [0.5, 0.6) is 5.75 Å². The third-order valence-corrected chi connectivity index (χ3v) is 4.00. The molecule has 22 heavy (non-hydrogen) atoms. The SMILES string of the molecule is O=C(O)COc1ccc(CN2CCC[C@](O)(CO)CC2)cc1. The van der Waals surface area contributed by atoms with E-state index in [1.165, 1.54) is 0 Å². The highest BCUT2D eigenvalue weighted by molar-refractivity contribution is 5.68. The van der Waals surface area contributed by atoms with Gasteiger partial charge in [0.15, 0.2) is 6.61 Å². The predicted octanol–water partition coefficient (Wildman–Crippen LogP) is 0.859. The molecule has 2 rings (SSSR count). The Morgan fingerprint density at radius 1 is 1.23 bits per heavy atom. The lowest BCUT2D eigenvalue weighted by Crippen LogP contribution is -2.34. The molecule has 1 aliphatic heterocycles. The molecular formula is C16H23NO5. The van der Waals surface area contributed by atoms with Gasteiger partial charge in [-0.25, -0.2) is 4.79 Å². The number of carboxylic acid groups (broad SMARTS) is 1. The number of hydrogen-bond donors (Lipinski definition) is 3. The summed E-state index contributed by atoms with van der Waals surface area (Å²) in [6.07, 6.45) is 2.06. The summed E-state index contributed by atoms with van der Waals surface area (Å²) in [6, 6.07) is 7.36. The van der Waals surface area contributed by atoms with Gasteiger partial charge in [-0.05, 0) is 43.5 Å². The summed E-state index contributed by atoms with van der Waals surface area (Å²) in [5.74, 6) is -0.457. The molecule has 1 heterocycles. The maximum absolute atomic E-state index is 10.4. The van der Waals surface area contributed by atoms with Gasteiger partial charge in [0.2, 0.25) is 0 Å². The summed E-state index contributed by atoms with van der Waals surface area (Å²) < 4.78 is 5.10. The van der Waals surface area contributed by atoms with E-state index in [0.29, 0.717) is 18.6 Å². The Bertz CT molecular complexity index is 490. The molecule has 3 N–H and O–H groups in total. The predicted molar refractivity (Wildman–Crippen MR) is 80.7 cm³/mol. The van der Waals surface area contributed by atoms with Crippen LogP contribution >= 0.6 is 0 Å². The van der Waals surface area contributed by atoms with Crippen LogP contribution in [-0.2, 0) is 11.3 Å². The first kappa shape index (κ1) is 16.7. The maximum atomic E-state index is 10.4. The van der Waals surface area contributed by atoms with Gasteiger partial charge in [-0.2, -0.15) is 0 Å². The summed E-state index contributed by atoms with van der Waals surface area (Å²) in [6.45, 7) is 1.87. The average Bonchev–Trinajstić information content (AvgIpc) is 2.69. The molecule has 0 bridgehead atoms. The molecular weight excluding hydrogens is 286 g/mol. The largest absolute Gasteiger partial charge is 0.482 e. The molecule has 6 heteroatoms. The Balaban J connectivity index is 1.87. The summed E-state index contributed by atoms with van der Waals surface area (Å²) in [5.41, 5.74) is 0.167. The van der Waals surface area contributed by atoms with Crippen molar-refractivity contribution in [1.29, 1.82) is 0 Å². The van der Waals surface area contributed by atoms with Crippen molar-refractivity contribution < 1.29 is 24.9 Å². The molecule has 0 radical (unpaired) electrons. The smallest absolute Gasteiger partial charge is 0.341 e. The first-order valence-corrected chi connectivity index (χ1v) is 7.50. The average molecular weight is 309 g/mol. The second kappa shape index (κ2) is 7.58. The van der Waals surface area contributed by atoms with E-state index in [9.17, 15) is 15.0 Å². The van der Waals surface area contributed by atoms with E-state index in [1.807, 2.05) is 12.1 Å². The van der Waals surface area contributed by atoms with E-state index >= 15 is 0 Å². The molecule has 1 aliphatic rings. The van der Waals surface area contributed by atoms with Crippen molar-refractivity contribution in [3.05, 3.63) is 29.8 Å². The van der Waals surface area contributed by atoms with Crippen LogP contribution in [0.2, 0.25) is 0 Å². The molecule has 1 aromatic rings. The number of rotatable bonds is 6. The normalized spacial score (nSPS) is 23.0. The fourth-order valence-corrected chi connectivity index (χ4v) is 2.65. The van der Waals surface area contributed by atoms with Crippen molar-refractivity contribution >= 4 is 5.97 Å². The lowest BCUT2D eigenvalue weighted by atomic mass is 9.96. The second-order valence-corrected chi connectivity index (χ2v) is 5.84. The highest BCUT2D eigenvalue weighted by Crippen LogP contribution is 2.23. The van der Waals surface area contributed by atoms with Gasteiger partial charge >= 0.3 is 5.97 Å². The first-order valence-electron chi connectivity index (χ1n) is 7.50. The van der Waals surface area contributed by atoms with Gasteiger partial charge in [0.05, 0.1) is 12.2 Å². The van der Waals surface area contributed by atoms with E-state index in [2.05, 4.69) is 4.90 Å². The molecule has 0 amide bonds. The van der Waals surface area contributed by atoms with Crippen molar-refractivity contribution in [2.45, 2.75) is 31.4 Å². The van der Waals surface area contributed by atoms with Crippen molar-refractivity contribution in [1.82, 2.24) is 4.90 Å². The lowest BCUT2D eigenvalue weighted by Gasteiger charge is -2.24. The number of ether oxygens (including phenoxy) is 1. The number of aliphatic carboxylic acids is 1. The van der Waals surface area contributed by atoms with Crippen LogP contribution in [0, 0.1) is 0 Å². The standard InChI is InChI=1S/C16H23NO5/c18-12-16(21)6-1-8-17(9-7-16)10-13-2-4-14(5-3-13)22-11-15(19)20/h2-5,18,21H,1,6-12H2,(H,19,20)/t16-/m1/s1. The summed E-state index contributed by atoms with van der Waals surface area (Å²) in [4.78, 5) is 12.7. The molecule has 1 fully saturated rings. The van der Waals surface area contributed by atoms with Gasteiger partial charge < -0.3 is 20.1 Å². The topological polar surface area (TPSA) is 90.2 Å². The summed E-state index contributed by atoms with van der Waals surface area (Å²) in [7, 11) is 0. The van der Waals surface area contributed by atoms with E-state index in [0.717, 1.165) is 31.6 Å². The van der Waals surface area contributed by atoms with Crippen LogP contribution < -0.4 is 4.74 Å². The van der Waals surface area contributed by atoms with Gasteiger partial charge in [0, 0.05) is 13.1 Å². The zero-order valence-electron chi connectivity index (χ0n) is 12.6. The van der Waals surface area contributed by atoms with Crippen molar-refractivity contribution in [3.63, 3.8) is 0 Å². The zero-order chi connectivity index (χ0) is 16.0. The molecule has 0 aliphatic carbocycles. The number of benzene rings is 1. The van der Waals surface area contributed by atoms with E-state index < -0.39 is 11.6 Å². The van der Waals surface area contributed by atoms with Crippen molar-refractivity contribution in [2.24, 2.45) is 0 Å².